The Morgan fingerprint density at radius 2 is 2.00 bits per heavy atom. The molecule has 0 aliphatic carbocycles. The average Bonchev–Trinajstić information content (AvgIpc) is 3.19. The van der Waals surface area contributed by atoms with Crippen molar-refractivity contribution in [3.8, 4) is 0 Å². The van der Waals surface area contributed by atoms with E-state index in [0.717, 1.165) is 5.56 Å². The van der Waals surface area contributed by atoms with Crippen molar-refractivity contribution >= 4 is 23.6 Å². The van der Waals surface area contributed by atoms with Gasteiger partial charge in [-0.1, -0.05) is 41.6 Å². The molecule has 0 radical (unpaired) electrons. The lowest BCUT2D eigenvalue weighted by Gasteiger charge is -2.19. The molecule has 2 amide bonds. The molecule has 0 saturated carbocycles. The largest absolute Gasteiger partial charge is 0.351 e. The van der Waals surface area contributed by atoms with Crippen molar-refractivity contribution in [3.63, 3.8) is 0 Å². The minimum Gasteiger partial charge on any atom is -0.351 e. The van der Waals surface area contributed by atoms with Crippen LogP contribution in [0.5, 0.6) is 0 Å². The normalized spacial score (nSPS) is 19.6. The zero-order chi connectivity index (χ0) is 18.7. The number of benzene rings is 1. The van der Waals surface area contributed by atoms with Gasteiger partial charge >= 0.3 is 0 Å². The second kappa shape index (κ2) is 7.90. The van der Waals surface area contributed by atoms with Crippen LogP contribution in [0.15, 0.2) is 35.7 Å². The van der Waals surface area contributed by atoms with Crippen molar-refractivity contribution in [2.45, 2.75) is 31.0 Å². The number of hydrogen-bond donors (Lipinski definition) is 1. The summed E-state index contributed by atoms with van der Waals surface area (Å²) in [7, 11) is 1.85. The van der Waals surface area contributed by atoms with Crippen molar-refractivity contribution in [2.75, 3.05) is 18.8 Å². The Morgan fingerprint density at radius 1 is 1.27 bits per heavy atom. The number of carbonyl (C=O) groups is 2. The van der Waals surface area contributed by atoms with E-state index < -0.39 is 0 Å². The Kier molecular flexibility index (Phi) is 5.61. The average molecular weight is 373 g/mol. The first-order valence-corrected chi connectivity index (χ1v) is 9.51. The van der Waals surface area contributed by atoms with Crippen LogP contribution in [0.25, 0.3) is 0 Å². The number of likely N-dealkylation sites (tertiary alicyclic amines) is 1. The molecule has 8 heteroatoms. The first kappa shape index (κ1) is 18.4. The molecule has 7 nitrogen and oxygen atoms in total. The fourth-order valence-corrected chi connectivity index (χ4v) is 3.98. The van der Waals surface area contributed by atoms with Crippen LogP contribution in [0, 0.1) is 6.92 Å². The number of thioether (sulfide) groups is 1. The number of carbonyl (C=O) groups excluding carboxylic acids is 2. The second-order valence-electron chi connectivity index (χ2n) is 6.64. The van der Waals surface area contributed by atoms with Gasteiger partial charge in [-0.05, 0) is 12.5 Å². The first-order valence-electron chi connectivity index (χ1n) is 8.52. The Hall–Kier alpha value is -2.35. The molecule has 1 aromatic carbocycles. The Balaban J connectivity index is 1.68. The third-order valence-electron chi connectivity index (χ3n) is 4.56. The van der Waals surface area contributed by atoms with E-state index in [4.69, 9.17) is 0 Å². The van der Waals surface area contributed by atoms with E-state index in [1.165, 1.54) is 24.2 Å². The fourth-order valence-electron chi connectivity index (χ4n) is 3.19. The lowest BCUT2D eigenvalue weighted by Crippen LogP contribution is -2.39. The molecule has 1 aromatic heterocycles. The van der Waals surface area contributed by atoms with Gasteiger partial charge in [-0.3, -0.25) is 9.59 Å². The molecule has 2 aromatic rings. The van der Waals surface area contributed by atoms with E-state index in [1.54, 1.807) is 10.9 Å². The van der Waals surface area contributed by atoms with Crippen LogP contribution in [0.2, 0.25) is 0 Å². The summed E-state index contributed by atoms with van der Waals surface area (Å²) in [5, 5.41) is 11.5. The molecule has 2 heterocycles. The fraction of sp³-hybridized carbons (Fsp3) is 0.444. The summed E-state index contributed by atoms with van der Waals surface area (Å²) in [4.78, 5) is 26.1. The number of aryl methyl sites for hydroxylation is 2. The van der Waals surface area contributed by atoms with Gasteiger partial charge in [0.15, 0.2) is 5.16 Å². The molecule has 0 spiro atoms. The van der Waals surface area contributed by atoms with Crippen molar-refractivity contribution in [2.24, 2.45) is 7.05 Å². The molecule has 138 valence electrons. The van der Waals surface area contributed by atoms with Gasteiger partial charge in [-0.25, -0.2) is 0 Å². The summed E-state index contributed by atoms with van der Waals surface area (Å²) < 4.78 is 1.79. The maximum atomic E-state index is 12.6. The van der Waals surface area contributed by atoms with Crippen LogP contribution in [-0.4, -0.2) is 56.4 Å². The highest BCUT2D eigenvalue weighted by molar-refractivity contribution is 7.99. The summed E-state index contributed by atoms with van der Waals surface area (Å²) in [5.74, 6) is 0.376. The van der Waals surface area contributed by atoms with Crippen molar-refractivity contribution in [1.82, 2.24) is 25.0 Å². The number of hydrogen-bond acceptors (Lipinski definition) is 5. The monoisotopic (exact) mass is 373 g/mol. The van der Waals surface area contributed by atoms with E-state index in [2.05, 4.69) is 39.8 Å². The van der Waals surface area contributed by atoms with E-state index >= 15 is 0 Å². The van der Waals surface area contributed by atoms with Gasteiger partial charge < -0.3 is 14.8 Å². The molecule has 0 bridgehead atoms. The maximum Gasteiger partial charge on any atom is 0.233 e. The molecule has 0 unspecified atom stereocenters. The van der Waals surface area contributed by atoms with E-state index in [9.17, 15) is 9.59 Å². The lowest BCUT2D eigenvalue weighted by atomic mass is 9.93. The van der Waals surface area contributed by atoms with Gasteiger partial charge in [0.25, 0.3) is 0 Å². The number of amides is 2. The van der Waals surface area contributed by atoms with Gasteiger partial charge in [0.2, 0.25) is 11.8 Å². The number of nitrogens with zero attached hydrogens (tertiary/aromatic N) is 4. The molecule has 2 atom stereocenters. The number of aromatic nitrogens is 3. The third kappa shape index (κ3) is 4.24. The van der Waals surface area contributed by atoms with Gasteiger partial charge in [0.1, 0.15) is 6.33 Å². The zero-order valence-corrected chi connectivity index (χ0v) is 16.0. The van der Waals surface area contributed by atoms with Crippen molar-refractivity contribution in [3.05, 3.63) is 41.7 Å². The van der Waals surface area contributed by atoms with Crippen LogP contribution >= 0.6 is 11.8 Å². The SMILES string of the molecule is CC(=O)N[C@H]1CN(C(=O)CSc2nncn2C)C[C@@H]1c1ccc(C)cc1. The highest BCUT2D eigenvalue weighted by atomic mass is 32.2. The molecule has 3 rings (SSSR count). The van der Waals surface area contributed by atoms with Crippen LogP contribution in [0.1, 0.15) is 24.0 Å². The van der Waals surface area contributed by atoms with Crippen molar-refractivity contribution < 1.29 is 9.59 Å². The molecule has 1 aliphatic rings. The molecule has 1 fully saturated rings. The maximum absolute atomic E-state index is 12.6. The van der Waals surface area contributed by atoms with Gasteiger partial charge in [0.05, 0.1) is 11.8 Å². The second-order valence-corrected chi connectivity index (χ2v) is 7.58. The summed E-state index contributed by atoms with van der Waals surface area (Å²) >= 11 is 1.37. The summed E-state index contributed by atoms with van der Waals surface area (Å²) in [6.45, 7) is 4.69. The van der Waals surface area contributed by atoms with E-state index in [0.29, 0.717) is 24.0 Å². The minimum atomic E-state index is -0.0742. The topological polar surface area (TPSA) is 80.1 Å². The Labute approximate surface area is 157 Å². The molecule has 1 saturated heterocycles. The van der Waals surface area contributed by atoms with Crippen molar-refractivity contribution in [1.29, 1.82) is 0 Å². The van der Waals surface area contributed by atoms with Gasteiger partial charge in [-0.15, -0.1) is 10.2 Å². The standard InChI is InChI=1S/C18H23N5O2S/c1-12-4-6-14(7-5-12)15-8-23(9-16(15)20-13(2)24)17(25)10-26-18-21-19-11-22(18)3/h4-7,11,15-16H,8-10H2,1-3H3,(H,20,24)/t15-,16+/m1/s1. The minimum absolute atomic E-state index is 0.0444. The molecule has 1 N–H and O–H groups in total. The lowest BCUT2D eigenvalue weighted by molar-refractivity contribution is -0.127. The molecule has 26 heavy (non-hydrogen) atoms. The smallest absolute Gasteiger partial charge is 0.233 e. The van der Waals surface area contributed by atoms with E-state index in [-0.39, 0.29) is 23.8 Å². The number of rotatable bonds is 5. The predicted octanol–water partition coefficient (Wildman–Crippen LogP) is 1.35. The number of nitrogens with one attached hydrogen (secondary N) is 1. The summed E-state index contributed by atoms with van der Waals surface area (Å²) in [5.41, 5.74) is 2.33. The van der Waals surface area contributed by atoms with Crippen LogP contribution in [0.3, 0.4) is 0 Å². The third-order valence-corrected chi connectivity index (χ3v) is 5.58. The Bertz CT molecular complexity index is 789. The zero-order valence-electron chi connectivity index (χ0n) is 15.2. The summed E-state index contributed by atoms with van der Waals surface area (Å²) in [6.07, 6.45) is 1.61. The van der Waals surface area contributed by atoms with E-state index in [1.807, 2.05) is 18.9 Å². The summed E-state index contributed by atoms with van der Waals surface area (Å²) in [6, 6.07) is 8.22. The molecule has 1 aliphatic heterocycles. The first-order chi connectivity index (χ1) is 12.4. The Morgan fingerprint density at radius 3 is 2.62 bits per heavy atom. The van der Waals surface area contributed by atoms with Crippen LogP contribution < -0.4 is 5.32 Å². The molecular weight excluding hydrogens is 350 g/mol. The van der Waals surface area contributed by atoms with Crippen LogP contribution in [0.4, 0.5) is 0 Å². The quantitative estimate of drug-likeness (QED) is 0.800. The highest BCUT2D eigenvalue weighted by Crippen LogP contribution is 2.29. The van der Waals surface area contributed by atoms with Crippen LogP contribution in [-0.2, 0) is 16.6 Å². The predicted molar refractivity (Wildman–Crippen MR) is 99.8 cm³/mol. The van der Waals surface area contributed by atoms with Gasteiger partial charge in [-0.2, -0.15) is 0 Å². The highest BCUT2D eigenvalue weighted by Gasteiger charge is 2.36. The molecular formula is C18H23N5O2S. The van der Waals surface area contributed by atoms with Gasteiger partial charge in [0, 0.05) is 33.0 Å².